The van der Waals surface area contributed by atoms with Crippen LogP contribution in [0.25, 0.3) is 0 Å². The first-order chi connectivity index (χ1) is 7.02. The smallest absolute Gasteiger partial charge is 0.328 e. The minimum atomic E-state index is -1.15. The van der Waals surface area contributed by atoms with E-state index in [-0.39, 0.29) is 13.2 Å². The zero-order valence-electron chi connectivity index (χ0n) is 8.69. The molecule has 0 aliphatic rings. The van der Waals surface area contributed by atoms with Gasteiger partial charge in [0.25, 0.3) is 0 Å². The molecule has 6 nitrogen and oxygen atoms in total. The van der Waals surface area contributed by atoms with Gasteiger partial charge in [0.1, 0.15) is 0 Å². The summed E-state index contributed by atoms with van der Waals surface area (Å²) in [6.07, 6.45) is 5.00. The average Bonchev–Trinajstić information content (AvgIpc) is 2.17. The predicted octanol–water partition coefficient (Wildman–Crippen LogP) is -0.639. The Morgan fingerprint density at radius 2 is 2.27 bits per heavy atom. The van der Waals surface area contributed by atoms with Crippen molar-refractivity contribution >= 4 is 12.0 Å². The van der Waals surface area contributed by atoms with Crippen molar-refractivity contribution in [2.45, 2.75) is 6.04 Å². The molecule has 0 aromatic rings. The number of ether oxygens (including phenoxy) is 1. The van der Waals surface area contributed by atoms with Crippen molar-refractivity contribution in [2.24, 2.45) is 0 Å². The van der Waals surface area contributed by atoms with E-state index in [0.717, 1.165) is 0 Å². The molecule has 6 heteroatoms. The summed E-state index contributed by atoms with van der Waals surface area (Å²) in [5.41, 5.74) is 0. The van der Waals surface area contributed by atoms with Crippen molar-refractivity contribution in [3.8, 4) is 12.3 Å². The zero-order valence-corrected chi connectivity index (χ0v) is 8.69. The second kappa shape index (κ2) is 6.68. The van der Waals surface area contributed by atoms with E-state index in [2.05, 4.69) is 16.0 Å². The Kier molecular flexibility index (Phi) is 5.90. The number of carbonyl (C=O) groups excluding carboxylic acids is 1. The van der Waals surface area contributed by atoms with Gasteiger partial charge in [-0.15, -0.1) is 6.42 Å². The molecule has 1 unspecified atom stereocenters. The number of nitrogens with zero attached hydrogens (tertiary/aromatic N) is 1. The lowest BCUT2D eigenvalue weighted by molar-refractivity contribution is -0.140. The Labute approximate surface area is 88.2 Å². The first-order valence-electron chi connectivity index (χ1n) is 4.19. The number of amides is 2. The maximum Gasteiger partial charge on any atom is 0.328 e. The number of aliphatic carboxylic acids is 1. The number of rotatable bonds is 5. The Morgan fingerprint density at radius 1 is 1.67 bits per heavy atom. The molecule has 0 fully saturated rings. The number of carbonyl (C=O) groups is 2. The summed E-state index contributed by atoms with van der Waals surface area (Å²) >= 11 is 0. The minimum absolute atomic E-state index is 0.0923. The number of nitrogens with one attached hydrogen (secondary N) is 1. The number of carboxylic acids is 1. The standard InChI is InChI=1S/C9H14N2O4/c1-4-5-11(2)9(14)10-7(6-15-3)8(12)13/h1,7H,5-6H2,2-3H3,(H,10,14)(H,12,13). The van der Waals surface area contributed by atoms with Gasteiger partial charge >= 0.3 is 12.0 Å². The number of methoxy groups -OCH3 is 1. The third kappa shape index (κ3) is 4.88. The van der Waals surface area contributed by atoms with Gasteiger partial charge in [0, 0.05) is 14.2 Å². The predicted molar refractivity (Wildman–Crippen MR) is 53.3 cm³/mol. The summed E-state index contributed by atoms with van der Waals surface area (Å²) in [5, 5.41) is 11.0. The largest absolute Gasteiger partial charge is 0.480 e. The van der Waals surface area contributed by atoms with Gasteiger partial charge in [-0.3, -0.25) is 0 Å². The maximum absolute atomic E-state index is 11.3. The van der Waals surface area contributed by atoms with Gasteiger partial charge in [-0.1, -0.05) is 5.92 Å². The van der Waals surface area contributed by atoms with E-state index in [4.69, 9.17) is 11.5 Å². The van der Waals surface area contributed by atoms with Gasteiger partial charge in [-0.2, -0.15) is 0 Å². The van der Waals surface area contributed by atoms with Crippen molar-refractivity contribution in [3.05, 3.63) is 0 Å². The Morgan fingerprint density at radius 3 is 2.67 bits per heavy atom. The Balaban J connectivity index is 4.23. The van der Waals surface area contributed by atoms with Crippen LogP contribution in [0.5, 0.6) is 0 Å². The van der Waals surface area contributed by atoms with Crippen LogP contribution >= 0.6 is 0 Å². The molecule has 15 heavy (non-hydrogen) atoms. The fourth-order valence-corrected chi connectivity index (χ4v) is 0.809. The van der Waals surface area contributed by atoms with E-state index >= 15 is 0 Å². The van der Waals surface area contributed by atoms with Crippen LogP contribution < -0.4 is 5.32 Å². The molecule has 84 valence electrons. The van der Waals surface area contributed by atoms with Gasteiger partial charge in [0.2, 0.25) is 0 Å². The molecule has 0 rings (SSSR count). The number of hydrogen-bond donors (Lipinski definition) is 2. The van der Waals surface area contributed by atoms with E-state index in [1.807, 2.05) is 0 Å². The molecule has 0 saturated heterocycles. The molecule has 0 spiro atoms. The fraction of sp³-hybridized carbons (Fsp3) is 0.556. The lowest BCUT2D eigenvalue weighted by atomic mass is 10.3. The second-order valence-corrected chi connectivity index (χ2v) is 2.86. The molecule has 0 bridgehead atoms. The monoisotopic (exact) mass is 214 g/mol. The summed E-state index contributed by atoms with van der Waals surface area (Å²) < 4.78 is 4.65. The van der Waals surface area contributed by atoms with Crippen LogP contribution in [0.4, 0.5) is 4.79 Å². The third-order valence-corrected chi connectivity index (χ3v) is 1.60. The molecule has 0 heterocycles. The van der Waals surface area contributed by atoms with Gasteiger partial charge in [0.05, 0.1) is 13.2 Å². The molecule has 0 aliphatic carbocycles. The lowest BCUT2D eigenvalue weighted by Gasteiger charge is -2.19. The normalized spacial score (nSPS) is 11.3. The molecule has 0 aromatic carbocycles. The van der Waals surface area contributed by atoms with E-state index in [1.54, 1.807) is 0 Å². The fourth-order valence-electron chi connectivity index (χ4n) is 0.809. The Bertz CT molecular complexity index is 272. The van der Waals surface area contributed by atoms with Crippen LogP contribution in [0.15, 0.2) is 0 Å². The highest BCUT2D eigenvalue weighted by atomic mass is 16.5. The quantitative estimate of drug-likeness (QED) is 0.597. The molecule has 0 saturated carbocycles. The van der Waals surface area contributed by atoms with Crippen LogP contribution in [0.1, 0.15) is 0 Å². The van der Waals surface area contributed by atoms with Crippen molar-refractivity contribution in [1.29, 1.82) is 0 Å². The Hall–Kier alpha value is -1.74. The molecule has 2 amide bonds. The van der Waals surface area contributed by atoms with Crippen LogP contribution in [0, 0.1) is 12.3 Å². The van der Waals surface area contributed by atoms with Crippen molar-refractivity contribution in [3.63, 3.8) is 0 Å². The molecular weight excluding hydrogens is 200 g/mol. The molecule has 0 aliphatic heterocycles. The summed E-state index contributed by atoms with van der Waals surface area (Å²) in [7, 11) is 2.83. The summed E-state index contributed by atoms with van der Waals surface area (Å²) in [4.78, 5) is 23.2. The van der Waals surface area contributed by atoms with Crippen molar-refractivity contribution < 1.29 is 19.4 Å². The minimum Gasteiger partial charge on any atom is -0.480 e. The van der Waals surface area contributed by atoms with Crippen molar-refractivity contribution in [2.75, 3.05) is 27.3 Å². The van der Waals surface area contributed by atoms with Gasteiger partial charge < -0.3 is 20.1 Å². The number of carboxylic acid groups (broad SMARTS) is 1. The highest BCUT2D eigenvalue weighted by molar-refractivity contribution is 5.82. The van der Waals surface area contributed by atoms with Crippen LogP contribution in [-0.4, -0.2) is 55.4 Å². The van der Waals surface area contributed by atoms with E-state index < -0.39 is 18.0 Å². The van der Waals surface area contributed by atoms with Crippen LogP contribution in [0.2, 0.25) is 0 Å². The SMILES string of the molecule is C#CCN(C)C(=O)NC(COC)C(=O)O. The summed E-state index contributed by atoms with van der Waals surface area (Å²) in [6, 6.07) is -1.61. The highest BCUT2D eigenvalue weighted by Crippen LogP contribution is 1.89. The zero-order chi connectivity index (χ0) is 11.8. The van der Waals surface area contributed by atoms with E-state index in [1.165, 1.54) is 19.1 Å². The summed E-state index contributed by atoms with van der Waals surface area (Å²) in [5.74, 6) is 1.12. The first kappa shape index (κ1) is 13.3. The molecule has 0 aromatic heterocycles. The third-order valence-electron chi connectivity index (χ3n) is 1.60. The molecule has 2 N–H and O–H groups in total. The number of hydrogen-bond acceptors (Lipinski definition) is 3. The maximum atomic E-state index is 11.3. The second-order valence-electron chi connectivity index (χ2n) is 2.86. The first-order valence-corrected chi connectivity index (χ1v) is 4.19. The highest BCUT2D eigenvalue weighted by Gasteiger charge is 2.20. The number of terminal acetylenes is 1. The topological polar surface area (TPSA) is 78.9 Å². The van der Waals surface area contributed by atoms with Gasteiger partial charge in [0.15, 0.2) is 6.04 Å². The summed E-state index contributed by atoms with van der Waals surface area (Å²) in [6.45, 7) is 0.0239. The lowest BCUT2D eigenvalue weighted by Crippen LogP contribution is -2.48. The molecule has 0 radical (unpaired) electrons. The van der Waals surface area contributed by atoms with Crippen molar-refractivity contribution in [1.82, 2.24) is 10.2 Å². The van der Waals surface area contributed by atoms with E-state index in [0.29, 0.717) is 0 Å². The molecule has 1 atom stereocenters. The average molecular weight is 214 g/mol. The molecular formula is C9H14N2O4. The van der Waals surface area contributed by atoms with Crippen LogP contribution in [0.3, 0.4) is 0 Å². The van der Waals surface area contributed by atoms with Crippen LogP contribution in [-0.2, 0) is 9.53 Å². The van der Waals surface area contributed by atoms with E-state index in [9.17, 15) is 9.59 Å². The van der Waals surface area contributed by atoms with Gasteiger partial charge in [-0.05, 0) is 0 Å². The number of urea groups is 1. The van der Waals surface area contributed by atoms with Gasteiger partial charge in [-0.25, -0.2) is 9.59 Å².